The average Bonchev–Trinajstić information content (AvgIpc) is 3.12. The normalized spacial score (nSPS) is 14.2. The number of morpholine rings is 1. The summed E-state index contributed by atoms with van der Waals surface area (Å²) >= 11 is 0. The number of esters is 2. The Kier molecular flexibility index (Phi) is 37.3. The van der Waals surface area contributed by atoms with Gasteiger partial charge in [0.05, 0.1) is 13.2 Å². The summed E-state index contributed by atoms with van der Waals surface area (Å²) in [6.07, 6.45) is 43.0. The lowest BCUT2D eigenvalue weighted by Crippen LogP contribution is -3.00. The molecule has 0 N–H and O–H groups in total. The Hall–Kier alpha value is -1.37. The maximum Gasteiger partial charge on any atom is 0.305 e. The van der Waals surface area contributed by atoms with Crippen molar-refractivity contribution in [2.24, 2.45) is 0 Å². The molecule has 0 aliphatic carbocycles. The number of hydrogen-bond acceptors (Lipinski definition) is 5. The minimum atomic E-state index is -0.0829. The number of quaternary nitrogens is 1. The molecule has 0 aromatic carbocycles. The van der Waals surface area contributed by atoms with Gasteiger partial charge in [0.15, 0.2) is 0 Å². The molecule has 1 heterocycles. The van der Waals surface area contributed by atoms with Gasteiger partial charge in [0.1, 0.15) is 39.4 Å². The number of carbonyl (C=O) groups is 2. The molecule has 6 nitrogen and oxygen atoms in total. The Morgan fingerprint density at radius 2 is 0.804 bits per heavy atom. The molecule has 1 fully saturated rings. The Morgan fingerprint density at radius 3 is 1.16 bits per heavy atom. The second kappa shape index (κ2) is 38.4. The molecule has 0 atom stereocenters. The average molecular weight is 741 g/mol. The second-order valence-corrected chi connectivity index (χ2v) is 15.0. The zero-order chi connectivity index (χ0) is 36.1. The van der Waals surface area contributed by atoms with Crippen LogP contribution >= 0.6 is 0 Å². The largest absolute Gasteiger partial charge is 1.00 e. The Bertz CT molecular complexity index is 766. The van der Waals surface area contributed by atoms with E-state index < -0.39 is 0 Å². The van der Waals surface area contributed by atoms with Crippen molar-refractivity contribution < 1.29 is 40.7 Å². The fourth-order valence-corrected chi connectivity index (χ4v) is 6.82. The first-order chi connectivity index (χ1) is 24.6. The van der Waals surface area contributed by atoms with E-state index in [1.807, 2.05) is 0 Å². The van der Waals surface area contributed by atoms with E-state index >= 15 is 0 Å². The Labute approximate surface area is 322 Å². The number of unbranched alkanes of at least 4 members (excludes halogenated alkanes) is 22. The Balaban J connectivity index is 0.0000250. The number of rotatable bonds is 36. The number of allylic oxidation sites excluding steroid dienone is 4. The molecule has 0 bridgehead atoms. The van der Waals surface area contributed by atoms with Crippen LogP contribution in [0.15, 0.2) is 24.3 Å². The molecule has 0 unspecified atom stereocenters. The van der Waals surface area contributed by atoms with E-state index in [-0.39, 0.29) is 24.3 Å². The van der Waals surface area contributed by atoms with Crippen LogP contribution in [0.25, 0.3) is 0 Å². The highest BCUT2D eigenvalue weighted by atomic mass is 35.5. The molecule has 1 aliphatic rings. The van der Waals surface area contributed by atoms with E-state index in [1.54, 1.807) is 0 Å². The van der Waals surface area contributed by atoms with Crippen LogP contribution < -0.4 is 12.4 Å². The summed E-state index contributed by atoms with van der Waals surface area (Å²) in [5.74, 6) is -0.166. The van der Waals surface area contributed by atoms with Gasteiger partial charge in [-0.25, -0.2) is 0 Å². The van der Waals surface area contributed by atoms with Gasteiger partial charge in [-0.2, -0.15) is 0 Å². The summed E-state index contributed by atoms with van der Waals surface area (Å²) in [5, 5.41) is 0. The molecule has 7 heteroatoms. The van der Waals surface area contributed by atoms with Crippen molar-refractivity contribution in [3.8, 4) is 0 Å². The third-order valence-electron chi connectivity index (χ3n) is 10.4. The highest BCUT2D eigenvalue weighted by Gasteiger charge is 2.31. The van der Waals surface area contributed by atoms with Crippen LogP contribution in [0.3, 0.4) is 0 Å². The molecule has 0 aromatic heterocycles. The zero-order valence-corrected chi connectivity index (χ0v) is 34.4. The molecule has 1 saturated heterocycles. The van der Waals surface area contributed by atoms with Crippen molar-refractivity contribution in [3.63, 3.8) is 0 Å². The van der Waals surface area contributed by atoms with Crippen molar-refractivity contribution in [1.82, 2.24) is 0 Å². The first kappa shape index (κ1) is 49.6. The van der Waals surface area contributed by atoms with Crippen molar-refractivity contribution in [1.29, 1.82) is 0 Å². The highest BCUT2D eigenvalue weighted by molar-refractivity contribution is 5.69. The van der Waals surface area contributed by atoms with E-state index in [0.717, 1.165) is 56.3 Å². The van der Waals surface area contributed by atoms with Crippen molar-refractivity contribution in [3.05, 3.63) is 24.3 Å². The molecule has 0 spiro atoms. The fraction of sp³-hybridized carbons (Fsp3) is 0.864. The quantitative estimate of drug-likeness (QED) is 0.0278. The van der Waals surface area contributed by atoms with E-state index in [0.29, 0.717) is 39.3 Å². The lowest BCUT2D eigenvalue weighted by Gasteiger charge is -2.40. The molecule has 300 valence electrons. The SMILES string of the molecule is CCCCCCCC/C=C\CCCCCCCC(=O)OCC[N+]1(CCOC(=O)CCCCCCC/C=C/CCCCCCCC)CCOCC1.[Cl-]. The van der Waals surface area contributed by atoms with Crippen molar-refractivity contribution in [2.45, 2.75) is 194 Å². The molecule has 1 aliphatic heterocycles. The molecular weight excluding hydrogens is 658 g/mol. The van der Waals surface area contributed by atoms with Gasteiger partial charge >= 0.3 is 11.9 Å². The molecule has 0 saturated carbocycles. The van der Waals surface area contributed by atoms with Crippen LogP contribution in [0.2, 0.25) is 0 Å². The minimum absolute atomic E-state index is 0. The summed E-state index contributed by atoms with van der Waals surface area (Å²) in [7, 11) is 0. The zero-order valence-electron chi connectivity index (χ0n) is 33.6. The van der Waals surface area contributed by atoms with Crippen LogP contribution in [-0.4, -0.2) is 69.0 Å². The monoisotopic (exact) mass is 740 g/mol. The topological polar surface area (TPSA) is 61.8 Å². The lowest BCUT2D eigenvalue weighted by atomic mass is 10.1. The molecule has 0 amide bonds. The molecule has 0 aromatic rings. The van der Waals surface area contributed by atoms with Crippen LogP contribution in [0, 0.1) is 0 Å². The number of carbonyl (C=O) groups excluding carboxylic acids is 2. The fourth-order valence-electron chi connectivity index (χ4n) is 6.82. The van der Waals surface area contributed by atoms with E-state index in [1.165, 1.54) is 141 Å². The molecule has 51 heavy (non-hydrogen) atoms. The van der Waals surface area contributed by atoms with E-state index in [9.17, 15) is 9.59 Å². The van der Waals surface area contributed by atoms with Gasteiger partial charge in [-0.05, 0) is 64.2 Å². The van der Waals surface area contributed by atoms with Crippen LogP contribution in [-0.2, 0) is 23.8 Å². The first-order valence-corrected chi connectivity index (χ1v) is 21.7. The summed E-state index contributed by atoms with van der Waals surface area (Å²) in [5.41, 5.74) is 0. The predicted molar refractivity (Wildman–Crippen MR) is 211 cm³/mol. The third kappa shape index (κ3) is 33.0. The van der Waals surface area contributed by atoms with E-state index in [2.05, 4.69) is 38.2 Å². The van der Waals surface area contributed by atoms with Gasteiger partial charge in [0.2, 0.25) is 0 Å². The minimum Gasteiger partial charge on any atom is -1.00 e. The highest BCUT2D eigenvalue weighted by Crippen LogP contribution is 2.14. The van der Waals surface area contributed by atoms with E-state index in [4.69, 9.17) is 14.2 Å². The van der Waals surface area contributed by atoms with Crippen LogP contribution in [0.4, 0.5) is 0 Å². The smallest absolute Gasteiger partial charge is 0.305 e. The van der Waals surface area contributed by atoms with Gasteiger partial charge < -0.3 is 31.1 Å². The maximum absolute atomic E-state index is 12.4. The number of nitrogens with zero attached hydrogens (tertiary/aromatic N) is 1. The van der Waals surface area contributed by atoms with Crippen molar-refractivity contribution >= 4 is 11.9 Å². The second-order valence-electron chi connectivity index (χ2n) is 15.0. The summed E-state index contributed by atoms with van der Waals surface area (Å²) in [4.78, 5) is 24.7. The van der Waals surface area contributed by atoms with Gasteiger partial charge in [-0.3, -0.25) is 9.59 Å². The van der Waals surface area contributed by atoms with Gasteiger partial charge in [-0.1, -0.05) is 141 Å². The first-order valence-electron chi connectivity index (χ1n) is 21.7. The van der Waals surface area contributed by atoms with Gasteiger partial charge in [0, 0.05) is 12.8 Å². The summed E-state index contributed by atoms with van der Waals surface area (Å²) < 4.78 is 17.7. The number of hydrogen-bond donors (Lipinski definition) is 0. The molecule has 1 rings (SSSR count). The van der Waals surface area contributed by atoms with Gasteiger partial charge in [-0.15, -0.1) is 0 Å². The maximum atomic E-state index is 12.4. The number of ether oxygens (including phenoxy) is 3. The predicted octanol–water partition coefficient (Wildman–Crippen LogP) is 9.00. The van der Waals surface area contributed by atoms with Gasteiger partial charge in [0.25, 0.3) is 0 Å². The summed E-state index contributed by atoms with van der Waals surface area (Å²) in [6, 6.07) is 0. The number of halogens is 1. The van der Waals surface area contributed by atoms with Crippen LogP contribution in [0.5, 0.6) is 0 Å². The van der Waals surface area contributed by atoms with Crippen molar-refractivity contribution in [2.75, 3.05) is 52.6 Å². The summed E-state index contributed by atoms with van der Waals surface area (Å²) in [6.45, 7) is 10.0. The third-order valence-corrected chi connectivity index (χ3v) is 10.4. The molecule has 0 radical (unpaired) electrons. The standard InChI is InChI=1S/C44H82NO5.ClH/c1-3-5-7-9-11-13-15-17-19-21-23-25-27-29-31-33-43(46)49-41-37-45(35-39-48-40-36-45)38-42-50-44(47)34-32-30-28-26-24-22-20-18-16-14-12-10-8-6-4-2;/h17-20H,3-16,21-42H2,1-2H3;1H/q+1;/p-1/b19-17-,20-18+;. The molecular formula is C44H82ClNO5. The Morgan fingerprint density at radius 1 is 0.490 bits per heavy atom. The lowest BCUT2D eigenvalue weighted by molar-refractivity contribution is -0.935. The van der Waals surface area contributed by atoms with Crippen LogP contribution in [0.1, 0.15) is 194 Å².